The van der Waals surface area contributed by atoms with E-state index >= 15 is 0 Å². The van der Waals surface area contributed by atoms with E-state index in [4.69, 9.17) is 0 Å². The summed E-state index contributed by atoms with van der Waals surface area (Å²) < 4.78 is 0. The van der Waals surface area contributed by atoms with E-state index in [9.17, 15) is 9.90 Å². The third kappa shape index (κ3) is 5.03. The summed E-state index contributed by atoms with van der Waals surface area (Å²) in [5.74, 6) is -0.0333. The molecule has 2 N–H and O–H groups in total. The third-order valence-corrected chi connectivity index (χ3v) is 4.74. The number of amides is 1. The quantitative estimate of drug-likeness (QED) is 0.857. The average Bonchev–Trinajstić information content (AvgIpc) is 2.55. The molecule has 1 heterocycles. The molecule has 1 aromatic rings. The minimum absolute atomic E-state index is 0.0333. The molecule has 1 aliphatic heterocycles. The van der Waals surface area contributed by atoms with Gasteiger partial charge in [0, 0.05) is 32.7 Å². The largest absolute Gasteiger partial charge is 0.391 e. The summed E-state index contributed by atoms with van der Waals surface area (Å²) in [5.41, 5.74) is 0.758. The highest BCUT2D eigenvalue weighted by Gasteiger charge is 2.31. The van der Waals surface area contributed by atoms with Crippen LogP contribution in [-0.2, 0) is 4.79 Å². The van der Waals surface area contributed by atoms with Crippen molar-refractivity contribution in [1.29, 1.82) is 0 Å². The van der Waals surface area contributed by atoms with Crippen LogP contribution in [0.15, 0.2) is 30.3 Å². The molecular formula is C19H31N3O2. The van der Waals surface area contributed by atoms with Gasteiger partial charge in [0.1, 0.15) is 6.04 Å². The Bertz CT molecular complexity index is 519. The minimum Gasteiger partial charge on any atom is -0.391 e. The van der Waals surface area contributed by atoms with Gasteiger partial charge in [-0.25, -0.2) is 0 Å². The van der Waals surface area contributed by atoms with Crippen LogP contribution in [0.2, 0.25) is 0 Å². The summed E-state index contributed by atoms with van der Waals surface area (Å²) in [6.07, 6.45) is -0.564. The van der Waals surface area contributed by atoms with Gasteiger partial charge in [0.05, 0.1) is 6.10 Å². The number of nitrogens with zero attached hydrogens (tertiary/aromatic N) is 2. The van der Waals surface area contributed by atoms with Crippen LogP contribution in [-0.4, -0.2) is 66.7 Å². The molecule has 0 aliphatic carbocycles. The Labute approximate surface area is 145 Å². The molecule has 0 radical (unpaired) electrons. The van der Waals surface area contributed by atoms with Crippen LogP contribution in [0.1, 0.15) is 32.4 Å². The maximum Gasteiger partial charge on any atom is 0.242 e. The first-order valence-electron chi connectivity index (χ1n) is 8.72. The van der Waals surface area contributed by atoms with E-state index in [2.05, 4.69) is 22.2 Å². The number of aliphatic hydroxyl groups excluding tert-OH is 1. The topological polar surface area (TPSA) is 55.8 Å². The number of likely N-dealkylation sites (N-methyl/N-ethyl adjacent to an activating group) is 1. The van der Waals surface area contributed by atoms with E-state index in [1.54, 1.807) is 0 Å². The average molecular weight is 333 g/mol. The fourth-order valence-corrected chi connectivity index (χ4v) is 2.84. The number of hydrogen-bond acceptors (Lipinski definition) is 4. The molecule has 2 atom stereocenters. The van der Waals surface area contributed by atoms with E-state index in [-0.39, 0.29) is 23.9 Å². The van der Waals surface area contributed by atoms with Crippen molar-refractivity contribution in [2.24, 2.45) is 5.41 Å². The molecule has 0 saturated carbocycles. The molecule has 2 rings (SSSR count). The van der Waals surface area contributed by atoms with Crippen molar-refractivity contribution in [3.05, 3.63) is 35.9 Å². The van der Waals surface area contributed by atoms with Gasteiger partial charge in [0.15, 0.2) is 0 Å². The first-order valence-corrected chi connectivity index (χ1v) is 8.72. The fraction of sp³-hybridized carbons (Fsp3) is 0.632. The molecule has 134 valence electrons. The van der Waals surface area contributed by atoms with Gasteiger partial charge in [-0.2, -0.15) is 0 Å². The van der Waals surface area contributed by atoms with Gasteiger partial charge in [-0.15, -0.1) is 0 Å². The molecule has 1 amide bonds. The van der Waals surface area contributed by atoms with Gasteiger partial charge in [0.25, 0.3) is 0 Å². The molecule has 5 nitrogen and oxygen atoms in total. The van der Waals surface area contributed by atoms with Crippen LogP contribution in [0.4, 0.5) is 0 Å². The number of carbonyl (C=O) groups excluding carboxylic acids is 1. The lowest BCUT2D eigenvalue weighted by atomic mass is 9.89. The highest BCUT2D eigenvalue weighted by Crippen LogP contribution is 2.23. The van der Waals surface area contributed by atoms with Crippen LogP contribution in [0, 0.1) is 5.41 Å². The molecule has 24 heavy (non-hydrogen) atoms. The van der Waals surface area contributed by atoms with Crippen molar-refractivity contribution in [2.45, 2.75) is 32.9 Å². The van der Waals surface area contributed by atoms with E-state index in [0.29, 0.717) is 0 Å². The number of rotatable bonds is 5. The molecule has 1 aromatic carbocycles. The molecule has 5 heteroatoms. The molecule has 0 spiro atoms. The normalized spacial score (nSPS) is 19.7. The predicted octanol–water partition coefficient (Wildman–Crippen LogP) is 1.50. The highest BCUT2D eigenvalue weighted by molar-refractivity contribution is 5.83. The van der Waals surface area contributed by atoms with Gasteiger partial charge in [-0.1, -0.05) is 51.1 Å². The van der Waals surface area contributed by atoms with Gasteiger partial charge >= 0.3 is 0 Å². The molecule has 2 unspecified atom stereocenters. The second-order valence-corrected chi connectivity index (χ2v) is 7.78. The molecule has 0 bridgehead atoms. The summed E-state index contributed by atoms with van der Waals surface area (Å²) in [6.45, 7) is 9.84. The Morgan fingerprint density at radius 2 is 1.75 bits per heavy atom. The summed E-state index contributed by atoms with van der Waals surface area (Å²) in [6, 6.07) is 9.61. The molecule has 1 fully saturated rings. The van der Waals surface area contributed by atoms with Crippen molar-refractivity contribution in [3.63, 3.8) is 0 Å². The number of nitrogens with one attached hydrogen (secondary N) is 1. The van der Waals surface area contributed by atoms with Crippen LogP contribution in [0.5, 0.6) is 0 Å². The van der Waals surface area contributed by atoms with Crippen molar-refractivity contribution in [1.82, 2.24) is 15.1 Å². The van der Waals surface area contributed by atoms with Crippen LogP contribution >= 0.6 is 0 Å². The number of piperazine rings is 1. The molecular weight excluding hydrogens is 302 g/mol. The van der Waals surface area contributed by atoms with Crippen LogP contribution in [0.3, 0.4) is 0 Å². The van der Waals surface area contributed by atoms with Gasteiger partial charge in [-0.05, 0) is 18.0 Å². The highest BCUT2D eigenvalue weighted by atomic mass is 16.3. The van der Waals surface area contributed by atoms with E-state index in [0.717, 1.165) is 31.7 Å². The Morgan fingerprint density at radius 3 is 2.29 bits per heavy atom. The van der Waals surface area contributed by atoms with E-state index in [1.165, 1.54) is 0 Å². The van der Waals surface area contributed by atoms with Crippen molar-refractivity contribution >= 4 is 5.91 Å². The van der Waals surface area contributed by atoms with Gasteiger partial charge in [0.2, 0.25) is 5.91 Å². The first kappa shape index (κ1) is 18.9. The number of carbonyl (C=O) groups is 1. The SMILES string of the molecule is CN1CCN(C(C(=O)NCC(O)C(C)(C)C)c2ccccc2)CC1. The molecule has 1 aliphatic rings. The monoisotopic (exact) mass is 333 g/mol. The zero-order valence-corrected chi connectivity index (χ0v) is 15.3. The Balaban J connectivity index is 2.09. The van der Waals surface area contributed by atoms with Crippen LogP contribution < -0.4 is 5.32 Å². The summed E-state index contributed by atoms with van der Waals surface area (Å²) in [5, 5.41) is 13.1. The maximum atomic E-state index is 12.9. The van der Waals surface area contributed by atoms with Crippen molar-refractivity contribution in [3.8, 4) is 0 Å². The zero-order chi connectivity index (χ0) is 17.7. The van der Waals surface area contributed by atoms with Gasteiger partial charge in [-0.3, -0.25) is 9.69 Å². The Morgan fingerprint density at radius 1 is 1.17 bits per heavy atom. The molecule has 1 saturated heterocycles. The maximum absolute atomic E-state index is 12.9. The Hall–Kier alpha value is -1.43. The smallest absolute Gasteiger partial charge is 0.242 e. The second-order valence-electron chi connectivity index (χ2n) is 7.78. The van der Waals surface area contributed by atoms with Crippen molar-refractivity contribution < 1.29 is 9.90 Å². The lowest BCUT2D eigenvalue weighted by Gasteiger charge is -2.37. The summed E-state index contributed by atoms with van der Waals surface area (Å²) >= 11 is 0. The second kappa shape index (κ2) is 8.10. The van der Waals surface area contributed by atoms with Gasteiger partial charge < -0.3 is 15.3 Å². The summed E-state index contributed by atoms with van der Waals surface area (Å²) in [4.78, 5) is 17.4. The first-order chi connectivity index (χ1) is 11.3. The zero-order valence-electron chi connectivity index (χ0n) is 15.3. The number of hydrogen-bond donors (Lipinski definition) is 2. The van der Waals surface area contributed by atoms with E-state index in [1.807, 2.05) is 51.1 Å². The third-order valence-electron chi connectivity index (χ3n) is 4.74. The number of aliphatic hydroxyl groups is 1. The summed E-state index contributed by atoms with van der Waals surface area (Å²) in [7, 11) is 2.11. The van der Waals surface area contributed by atoms with Crippen molar-refractivity contribution in [2.75, 3.05) is 39.8 Å². The fourth-order valence-electron chi connectivity index (χ4n) is 2.84. The standard InChI is InChI=1S/C19H31N3O2/c1-19(2,3)16(23)14-20-18(24)17(15-8-6-5-7-9-15)22-12-10-21(4)11-13-22/h5-9,16-17,23H,10-14H2,1-4H3,(H,20,24). The predicted molar refractivity (Wildman–Crippen MR) is 96.7 cm³/mol. The Kier molecular flexibility index (Phi) is 6.38. The van der Waals surface area contributed by atoms with Crippen LogP contribution in [0.25, 0.3) is 0 Å². The minimum atomic E-state index is -0.564. The lowest BCUT2D eigenvalue weighted by molar-refractivity contribution is -0.128. The lowest BCUT2D eigenvalue weighted by Crippen LogP contribution is -2.51. The number of benzene rings is 1. The molecule has 0 aromatic heterocycles. The van der Waals surface area contributed by atoms with E-state index < -0.39 is 6.10 Å².